The number of benzene rings is 1. The monoisotopic (exact) mass is 272 g/mol. The molecule has 0 unspecified atom stereocenters. The molecule has 1 heterocycles. The topological polar surface area (TPSA) is 72.1 Å². The molecule has 1 aromatic heterocycles. The number of nitrogens with two attached hydrogens (primary N) is 1. The molecule has 2 rings (SSSR count). The van der Waals surface area contributed by atoms with Gasteiger partial charge < -0.3 is 10.6 Å². The number of nitrogens with zero attached hydrogens (tertiary/aromatic N) is 3. The minimum absolute atomic E-state index is 0.0106. The Labute approximate surface area is 118 Å². The standard InChI is InChI=1S/C15H20N4O/c1-2-3-9-19(10-6-16)15(20)12-4-5-13-14(11-12)18-8-7-17-13/h4-5,7-8,11H,2-3,6,9-10,16H2,1H3. The van der Waals surface area contributed by atoms with E-state index in [0.29, 0.717) is 18.7 Å². The van der Waals surface area contributed by atoms with E-state index in [0.717, 1.165) is 30.4 Å². The number of aromatic nitrogens is 2. The lowest BCUT2D eigenvalue weighted by atomic mass is 10.1. The predicted octanol–water partition coefficient (Wildman–Crippen LogP) is 1.83. The molecule has 0 fully saturated rings. The number of amides is 1. The van der Waals surface area contributed by atoms with Crippen molar-refractivity contribution in [3.8, 4) is 0 Å². The molecule has 106 valence electrons. The summed E-state index contributed by atoms with van der Waals surface area (Å²) in [6.45, 7) is 3.90. The Hall–Kier alpha value is -2.01. The van der Waals surface area contributed by atoms with E-state index < -0.39 is 0 Å². The van der Waals surface area contributed by atoms with Crippen molar-refractivity contribution in [1.29, 1.82) is 0 Å². The van der Waals surface area contributed by atoms with Crippen LogP contribution in [0.15, 0.2) is 30.6 Å². The molecule has 0 saturated heterocycles. The zero-order valence-corrected chi connectivity index (χ0v) is 11.7. The maximum atomic E-state index is 12.5. The second kappa shape index (κ2) is 6.96. The van der Waals surface area contributed by atoms with Gasteiger partial charge in [-0.15, -0.1) is 0 Å². The van der Waals surface area contributed by atoms with Gasteiger partial charge in [-0.2, -0.15) is 0 Å². The van der Waals surface area contributed by atoms with Gasteiger partial charge in [0.1, 0.15) is 0 Å². The van der Waals surface area contributed by atoms with Crippen LogP contribution >= 0.6 is 0 Å². The molecule has 1 aromatic carbocycles. The summed E-state index contributed by atoms with van der Waals surface area (Å²) in [4.78, 5) is 22.8. The van der Waals surface area contributed by atoms with Crippen molar-refractivity contribution < 1.29 is 4.79 Å². The van der Waals surface area contributed by atoms with E-state index in [1.54, 1.807) is 29.4 Å². The third kappa shape index (κ3) is 3.30. The van der Waals surface area contributed by atoms with Gasteiger partial charge in [-0.25, -0.2) is 0 Å². The molecule has 0 aliphatic carbocycles. The first-order valence-electron chi connectivity index (χ1n) is 6.96. The largest absolute Gasteiger partial charge is 0.337 e. The first-order valence-corrected chi connectivity index (χ1v) is 6.96. The Bertz CT molecular complexity index is 585. The molecule has 0 aliphatic heterocycles. The quantitative estimate of drug-likeness (QED) is 0.870. The van der Waals surface area contributed by atoms with Gasteiger partial charge in [-0.1, -0.05) is 13.3 Å². The first-order chi connectivity index (χ1) is 9.76. The van der Waals surface area contributed by atoms with Crippen molar-refractivity contribution in [2.45, 2.75) is 19.8 Å². The lowest BCUT2D eigenvalue weighted by Crippen LogP contribution is -2.36. The molecule has 2 N–H and O–H groups in total. The smallest absolute Gasteiger partial charge is 0.253 e. The average molecular weight is 272 g/mol. The Morgan fingerprint density at radius 2 is 1.95 bits per heavy atom. The van der Waals surface area contributed by atoms with Crippen LogP contribution in [0.2, 0.25) is 0 Å². The molecular weight excluding hydrogens is 252 g/mol. The van der Waals surface area contributed by atoms with Gasteiger partial charge in [0.2, 0.25) is 0 Å². The number of rotatable bonds is 6. The van der Waals surface area contributed by atoms with Gasteiger partial charge in [0, 0.05) is 37.6 Å². The van der Waals surface area contributed by atoms with Gasteiger partial charge in [-0.05, 0) is 24.6 Å². The summed E-state index contributed by atoms with van der Waals surface area (Å²) >= 11 is 0. The Balaban J connectivity index is 2.23. The fourth-order valence-corrected chi connectivity index (χ4v) is 2.10. The SMILES string of the molecule is CCCCN(CCN)C(=O)c1ccc2nccnc2c1. The van der Waals surface area contributed by atoms with Crippen LogP contribution in [0.3, 0.4) is 0 Å². The van der Waals surface area contributed by atoms with Gasteiger partial charge in [-0.3, -0.25) is 14.8 Å². The first kappa shape index (κ1) is 14.4. The van der Waals surface area contributed by atoms with E-state index in [9.17, 15) is 4.79 Å². The zero-order chi connectivity index (χ0) is 14.4. The third-order valence-corrected chi connectivity index (χ3v) is 3.18. The summed E-state index contributed by atoms with van der Waals surface area (Å²) in [7, 11) is 0. The molecule has 5 heteroatoms. The fourth-order valence-electron chi connectivity index (χ4n) is 2.10. The highest BCUT2D eigenvalue weighted by Gasteiger charge is 2.15. The van der Waals surface area contributed by atoms with Crippen molar-refractivity contribution in [1.82, 2.24) is 14.9 Å². The van der Waals surface area contributed by atoms with Gasteiger partial charge >= 0.3 is 0 Å². The number of fused-ring (bicyclic) bond motifs is 1. The van der Waals surface area contributed by atoms with Crippen LogP contribution in [0, 0.1) is 0 Å². The number of carbonyl (C=O) groups is 1. The molecule has 20 heavy (non-hydrogen) atoms. The predicted molar refractivity (Wildman–Crippen MR) is 79.4 cm³/mol. The van der Waals surface area contributed by atoms with Crippen molar-refractivity contribution in [3.63, 3.8) is 0 Å². The minimum Gasteiger partial charge on any atom is -0.337 e. The molecule has 2 aromatic rings. The van der Waals surface area contributed by atoms with E-state index in [2.05, 4.69) is 16.9 Å². The average Bonchev–Trinajstić information content (AvgIpc) is 2.50. The van der Waals surface area contributed by atoms with Crippen molar-refractivity contribution >= 4 is 16.9 Å². The van der Waals surface area contributed by atoms with E-state index in [1.807, 2.05) is 6.07 Å². The summed E-state index contributed by atoms with van der Waals surface area (Å²) in [5, 5.41) is 0. The molecule has 0 atom stereocenters. The minimum atomic E-state index is 0.0106. The van der Waals surface area contributed by atoms with E-state index in [-0.39, 0.29) is 5.91 Å². The maximum Gasteiger partial charge on any atom is 0.253 e. The van der Waals surface area contributed by atoms with Crippen LogP contribution in [0.25, 0.3) is 11.0 Å². The van der Waals surface area contributed by atoms with Crippen LogP contribution in [0.5, 0.6) is 0 Å². The second-order valence-electron chi connectivity index (χ2n) is 4.69. The molecule has 0 aliphatic rings. The van der Waals surface area contributed by atoms with Crippen LogP contribution < -0.4 is 5.73 Å². The fraction of sp³-hybridized carbons (Fsp3) is 0.400. The van der Waals surface area contributed by atoms with Crippen molar-refractivity contribution in [2.24, 2.45) is 5.73 Å². The highest BCUT2D eigenvalue weighted by molar-refractivity contribution is 5.97. The van der Waals surface area contributed by atoms with E-state index in [4.69, 9.17) is 5.73 Å². The Morgan fingerprint density at radius 3 is 2.65 bits per heavy atom. The molecule has 0 saturated carbocycles. The summed E-state index contributed by atoms with van der Waals surface area (Å²) < 4.78 is 0. The summed E-state index contributed by atoms with van der Waals surface area (Å²) in [6, 6.07) is 5.42. The van der Waals surface area contributed by atoms with Gasteiger partial charge in [0.05, 0.1) is 11.0 Å². The van der Waals surface area contributed by atoms with Crippen molar-refractivity contribution in [2.75, 3.05) is 19.6 Å². The van der Waals surface area contributed by atoms with E-state index in [1.165, 1.54) is 0 Å². The van der Waals surface area contributed by atoms with Crippen molar-refractivity contribution in [3.05, 3.63) is 36.2 Å². The summed E-state index contributed by atoms with van der Waals surface area (Å²) in [6.07, 6.45) is 5.31. The summed E-state index contributed by atoms with van der Waals surface area (Å²) in [5.74, 6) is 0.0106. The number of carbonyl (C=O) groups excluding carboxylic acids is 1. The van der Waals surface area contributed by atoms with Crippen LogP contribution in [-0.2, 0) is 0 Å². The third-order valence-electron chi connectivity index (χ3n) is 3.18. The number of unbranched alkanes of at least 4 members (excludes halogenated alkanes) is 1. The lowest BCUT2D eigenvalue weighted by Gasteiger charge is -2.22. The van der Waals surface area contributed by atoms with E-state index >= 15 is 0 Å². The number of hydrogen-bond acceptors (Lipinski definition) is 4. The molecule has 1 amide bonds. The lowest BCUT2D eigenvalue weighted by molar-refractivity contribution is 0.0758. The maximum absolute atomic E-state index is 12.5. The van der Waals surface area contributed by atoms with Crippen LogP contribution in [0.1, 0.15) is 30.1 Å². The van der Waals surface area contributed by atoms with Crippen LogP contribution in [-0.4, -0.2) is 40.4 Å². The summed E-state index contributed by atoms with van der Waals surface area (Å²) in [5.41, 5.74) is 7.76. The molecular formula is C15H20N4O. The molecule has 0 spiro atoms. The Kier molecular flexibility index (Phi) is 5.01. The normalized spacial score (nSPS) is 10.7. The molecule has 0 bridgehead atoms. The van der Waals surface area contributed by atoms with Gasteiger partial charge in [0.15, 0.2) is 0 Å². The molecule has 5 nitrogen and oxygen atoms in total. The molecule has 0 radical (unpaired) electrons. The van der Waals surface area contributed by atoms with Crippen LogP contribution in [0.4, 0.5) is 0 Å². The highest BCUT2D eigenvalue weighted by atomic mass is 16.2. The highest BCUT2D eigenvalue weighted by Crippen LogP contribution is 2.13. The number of hydrogen-bond donors (Lipinski definition) is 1. The Morgan fingerprint density at radius 1 is 1.20 bits per heavy atom. The second-order valence-corrected chi connectivity index (χ2v) is 4.69. The zero-order valence-electron chi connectivity index (χ0n) is 11.7. The van der Waals surface area contributed by atoms with Gasteiger partial charge in [0.25, 0.3) is 5.91 Å².